The molecule has 0 amide bonds. The minimum absolute atomic E-state index is 0. The highest BCUT2D eigenvalue weighted by atomic mass is 79.9. The Morgan fingerprint density at radius 3 is 2.59 bits per heavy atom. The van der Waals surface area contributed by atoms with E-state index in [1.807, 2.05) is 18.2 Å². The number of ether oxygens (including phenoxy) is 1. The first-order chi connectivity index (χ1) is 7.75. The van der Waals surface area contributed by atoms with Crippen molar-refractivity contribution < 1.29 is 4.74 Å². The highest BCUT2D eigenvalue weighted by molar-refractivity contribution is 9.11. The Balaban J connectivity index is 0.00000144. The molecule has 2 nitrogen and oxygen atoms in total. The molecule has 0 unspecified atom stereocenters. The number of benzene rings is 1. The molecule has 1 aliphatic rings. The van der Waals surface area contributed by atoms with E-state index >= 15 is 0 Å². The zero-order chi connectivity index (χ0) is 11.4. The van der Waals surface area contributed by atoms with E-state index in [9.17, 15) is 0 Å². The Bertz CT molecular complexity index is 356. The summed E-state index contributed by atoms with van der Waals surface area (Å²) in [4.78, 5) is 0. The van der Waals surface area contributed by atoms with Gasteiger partial charge in [-0.15, -0.1) is 12.4 Å². The summed E-state index contributed by atoms with van der Waals surface area (Å²) in [6, 6.07) is 6.01. The lowest BCUT2D eigenvalue weighted by molar-refractivity contribution is 0.214. The van der Waals surface area contributed by atoms with Gasteiger partial charge in [0.2, 0.25) is 0 Å². The standard InChI is InChI=1S/C12H15Br2NO.ClH/c13-10-1-2-12(11(14)7-10)16-8-9-3-5-15-6-4-9;/h1-2,7,9,15H,3-6,8H2;1H. The summed E-state index contributed by atoms with van der Waals surface area (Å²) in [7, 11) is 0. The topological polar surface area (TPSA) is 21.3 Å². The Morgan fingerprint density at radius 2 is 1.94 bits per heavy atom. The van der Waals surface area contributed by atoms with E-state index < -0.39 is 0 Å². The number of hydrogen-bond acceptors (Lipinski definition) is 2. The van der Waals surface area contributed by atoms with E-state index in [0.29, 0.717) is 5.92 Å². The summed E-state index contributed by atoms with van der Waals surface area (Å²) in [5.74, 6) is 1.62. The molecule has 1 fully saturated rings. The Kier molecular flexibility index (Phi) is 6.85. The van der Waals surface area contributed by atoms with Gasteiger partial charge in [0.05, 0.1) is 11.1 Å². The van der Waals surface area contributed by atoms with Gasteiger partial charge in [-0.1, -0.05) is 15.9 Å². The van der Waals surface area contributed by atoms with Crippen molar-refractivity contribution in [3.63, 3.8) is 0 Å². The summed E-state index contributed by atoms with van der Waals surface area (Å²) >= 11 is 6.93. The molecule has 0 bridgehead atoms. The Hall–Kier alpha value is 0.230. The molecule has 1 heterocycles. The van der Waals surface area contributed by atoms with E-state index in [1.165, 1.54) is 12.8 Å². The molecule has 0 atom stereocenters. The van der Waals surface area contributed by atoms with E-state index in [0.717, 1.165) is 34.4 Å². The number of piperidine rings is 1. The molecule has 1 aliphatic heterocycles. The van der Waals surface area contributed by atoms with Gasteiger partial charge in [-0.25, -0.2) is 0 Å². The van der Waals surface area contributed by atoms with Crippen LogP contribution >= 0.6 is 44.3 Å². The normalized spacial score (nSPS) is 16.4. The zero-order valence-corrected chi connectivity index (χ0v) is 13.4. The maximum Gasteiger partial charge on any atom is 0.133 e. The molecule has 0 saturated carbocycles. The fourth-order valence-corrected chi connectivity index (χ4v) is 3.01. The van der Waals surface area contributed by atoms with Crippen molar-refractivity contribution in [3.8, 4) is 5.75 Å². The third-order valence-corrected chi connectivity index (χ3v) is 3.94. The van der Waals surface area contributed by atoms with Crippen molar-refractivity contribution >= 4 is 44.3 Å². The number of nitrogens with one attached hydrogen (secondary N) is 1. The van der Waals surface area contributed by atoms with Crippen LogP contribution in [0.15, 0.2) is 27.1 Å². The van der Waals surface area contributed by atoms with Crippen molar-refractivity contribution in [2.45, 2.75) is 12.8 Å². The maximum atomic E-state index is 5.84. The Labute approximate surface area is 125 Å². The minimum Gasteiger partial charge on any atom is -0.492 e. The van der Waals surface area contributed by atoms with Gasteiger partial charge in [0.1, 0.15) is 5.75 Å². The summed E-state index contributed by atoms with van der Waals surface area (Å²) in [6.45, 7) is 3.06. The van der Waals surface area contributed by atoms with E-state index in [2.05, 4.69) is 37.2 Å². The van der Waals surface area contributed by atoms with Gasteiger partial charge in [0.15, 0.2) is 0 Å². The smallest absolute Gasteiger partial charge is 0.133 e. The molecule has 5 heteroatoms. The van der Waals surface area contributed by atoms with Crippen LogP contribution in [0.4, 0.5) is 0 Å². The molecule has 1 saturated heterocycles. The van der Waals surface area contributed by atoms with Gasteiger partial charge >= 0.3 is 0 Å². The van der Waals surface area contributed by atoms with Crippen LogP contribution in [0.5, 0.6) is 5.75 Å². The van der Waals surface area contributed by atoms with Gasteiger partial charge in [0, 0.05) is 4.47 Å². The second kappa shape index (κ2) is 7.62. The quantitative estimate of drug-likeness (QED) is 0.849. The second-order valence-electron chi connectivity index (χ2n) is 4.08. The van der Waals surface area contributed by atoms with Crippen molar-refractivity contribution in [2.75, 3.05) is 19.7 Å². The number of halogens is 3. The fourth-order valence-electron chi connectivity index (χ4n) is 1.85. The van der Waals surface area contributed by atoms with Gasteiger partial charge in [-0.05, 0) is 66.0 Å². The van der Waals surface area contributed by atoms with Crippen molar-refractivity contribution in [1.82, 2.24) is 5.32 Å². The first-order valence-corrected chi connectivity index (χ1v) is 7.13. The van der Waals surface area contributed by atoms with Crippen LogP contribution in [-0.2, 0) is 0 Å². The molecule has 0 radical (unpaired) electrons. The number of hydrogen-bond donors (Lipinski definition) is 1. The van der Waals surface area contributed by atoms with E-state index in [-0.39, 0.29) is 12.4 Å². The van der Waals surface area contributed by atoms with E-state index in [1.54, 1.807) is 0 Å². The van der Waals surface area contributed by atoms with Crippen LogP contribution in [-0.4, -0.2) is 19.7 Å². The Morgan fingerprint density at radius 1 is 1.24 bits per heavy atom. The number of rotatable bonds is 3. The predicted molar refractivity (Wildman–Crippen MR) is 80.2 cm³/mol. The lowest BCUT2D eigenvalue weighted by Gasteiger charge is -2.22. The molecule has 96 valence electrons. The van der Waals surface area contributed by atoms with Crippen LogP contribution in [0.2, 0.25) is 0 Å². The average molecular weight is 386 g/mol. The van der Waals surface area contributed by atoms with Crippen LogP contribution in [0.3, 0.4) is 0 Å². The van der Waals surface area contributed by atoms with E-state index in [4.69, 9.17) is 4.74 Å². The average Bonchev–Trinajstić information content (AvgIpc) is 2.29. The largest absolute Gasteiger partial charge is 0.492 e. The second-order valence-corrected chi connectivity index (χ2v) is 5.85. The highest BCUT2D eigenvalue weighted by Crippen LogP contribution is 2.29. The minimum atomic E-state index is 0. The zero-order valence-electron chi connectivity index (χ0n) is 9.42. The SMILES string of the molecule is Brc1ccc(OCC2CCNCC2)c(Br)c1.Cl. The molecule has 1 N–H and O–H groups in total. The van der Waals surface area contributed by atoms with Crippen LogP contribution < -0.4 is 10.1 Å². The third kappa shape index (κ3) is 4.78. The lowest BCUT2D eigenvalue weighted by Crippen LogP contribution is -2.30. The predicted octanol–water partition coefficient (Wildman–Crippen LogP) is 4.01. The molecule has 1 aromatic rings. The van der Waals surface area contributed by atoms with Crippen molar-refractivity contribution in [1.29, 1.82) is 0 Å². The summed E-state index contributed by atoms with van der Waals surface area (Å²) < 4.78 is 7.91. The molecule has 0 aliphatic carbocycles. The third-order valence-electron chi connectivity index (χ3n) is 2.83. The summed E-state index contributed by atoms with van der Waals surface area (Å²) in [5.41, 5.74) is 0. The first kappa shape index (κ1) is 15.3. The monoisotopic (exact) mass is 383 g/mol. The van der Waals surface area contributed by atoms with Gasteiger partial charge < -0.3 is 10.1 Å². The molecular formula is C12H16Br2ClNO. The summed E-state index contributed by atoms with van der Waals surface area (Å²) in [6.07, 6.45) is 2.43. The van der Waals surface area contributed by atoms with Gasteiger partial charge in [0.25, 0.3) is 0 Å². The molecule has 17 heavy (non-hydrogen) atoms. The molecule has 1 aromatic carbocycles. The van der Waals surface area contributed by atoms with Gasteiger partial charge in [-0.3, -0.25) is 0 Å². The van der Waals surface area contributed by atoms with Gasteiger partial charge in [-0.2, -0.15) is 0 Å². The molecular weight excluding hydrogens is 369 g/mol. The first-order valence-electron chi connectivity index (χ1n) is 5.54. The molecule has 0 spiro atoms. The molecule has 0 aromatic heterocycles. The van der Waals surface area contributed by atoms with Crippen molar-refractivity contribution in [2.24, 2.45) is 5.92 Å². The molecule has 2 rings (SSSR count). The van der Waals surface area contributed by atoms with Crippen LogP contribution in [0.25, 0.3) is 0 Å². The summed E-state index contributed by atoms with van der Waals surface area (Å²) in [5, 5.41) is 3.36. The lowest BCUT2D eigenvalue weighted by atomic mass is 9.99. The maximum absolute atomic E-state index is 5.84. The highest BCUT2D eigenvalue weighted by Gasteiger charge is 2.14. The van der Waals surface area contributed by atoms with Crippen molar-refractivity contribution in [3.05, 3.63) is 27.1 Å². The van der Waals surface area contributed by atoms with Crippen LogP contribution in [0, 0.1) is 5.92 Å². The van der Waals surface area contributed by atoms with Crippen LogP contribution in [0.1, 0.15) is 12.8 Å². The fraction of sp³-hybridized carbons (Fsp3) is 0.500.